The van der Waals surface area contributed by atoms with Crippen LogP contribution in [0.3, 0.4) is 0 Å². The monoisotopic (exact) mass is 297 g/mol. The minimum absolute atomic E-state index is 0.130. The summed E-state index contributed by atoms with van der Waals surface area (Å²) in [6.07, 6.45) is 2.15. The Kier molecular flexibility index (Phi) is 4.67. The van der Waals surface area contributed by atoms with Crippen molar-refractivity contribution in [1.29, 1.82) is 0 Å². The molecule has 2 unspecified atom stereocenters. The van der Waals surface area contributed by atoms with Gasteiger partial charge in [-0.15, -0.1) is 0 Å². The van der Waals surface area contributed by atoms with Crippen molar-refractivity contribution in [3.63, 3.8) is 0 Å². The van der Waals surface area contributed by atoms with Crippen molar-refractivity contribution in [1.82, 2.24) is 4.72 Å². The third-order valence-electron chi connectivity index (χ3n) is 3.97. The number of para-hydroxylation sites is 1. The third-order valence-corrected chi connectivity index (χ3v) is 5.43. The van der Waals surface area contributed by atoms with Crippen LogP contribution in [-0.2, 0) is 10.0 Å². The molecular formula is C14H23N3O2S. The number of rotatable bonds is 4. The summed E-state index contributed by atoms with van der Waals surface area (Å²) in [6.45, 7) is 3.71. The van der Waals surface area contributed by atoms with E-state index in [-0.39, 0.29) is 6.04 Å². The molecule has 112 valence electrons. The van der Waals surface area contributed by atoms with Crippen LogP contribution in [-0.4, -0.2) is 34.6 Å². The molecule has 1 aromatic carbocycles. The fourth-order valence-electron chi connectivity index (χ4n) is 2.71. The Labute approximate surface area is 121 Å². The number of nitrogens with two attached hydrogens (primary N) is 1. The van der Waals surface area contributed by atoms with Crippen molar-refractivity contribution in [3.8, 4) is 0 Å². The Bertz CT molecular complexity index is 557. The highest BCUT2D eigenvalue weighted by molar-refractivity contribution is 7.89. The fraction of sp³-hybridized carbons (Fsp3) is 0.571. The van der Waals surface area contributed by atoms with E-state index in [2.05, 4.69) is 9.62 Å². The van der Waals surface area contributed by atoms with Gasteiger partial charge >= 0.3 is 0 Å². The molecule has 20 heavy (non-hydrogen) atoms. The van der Waals surface area contributed by atoms with Gasteiger partial charge in [0.15, 0.2) is 0 Å². The molecule has 0 aliphatic carbocycles. The molecule has 0 amide bonds. The lowest BCUT2D eigenvalue weighted by Crippen LogP contribution is -2.43. The second kappa shape index (κ2) is 6.11. The summed E-state index contributed by atoms with van der Waals surface area (Å²) in [4.78, 5) is 2.48. The zero-order valence-corrected chi connectivity index (χ0v) is 12.9. The van der Waals surface area contributed by atoms with Gasteiger partial charge < -0.3 is 10.6 Å². The number of benzene rings is 1. The van der Waals surface area contributed by atoms with Crippen molar-refractivity contribution in [2.24, 2.45) is 11.7 Å². The van der Waals surface area contributed by atoms with Gasteiger partial charge in [-0.25, -0.2) is 13.1 Å². The maximum Gasteiger partial charge on any atom is 0.242 e. The summed E-state index contributed by atoms with van der Waals surface area (Å²) in [5.41, 5.74) is 6.77. The average Bonchev–Trinajstić information content (AvgIpc) is 2.47. The van der Waals surface area contributed by atoms with E-state index in [9.17, 15) is 8.42 Å². The van der Waals surface area contributed by atoms with Gasteiger partial charge in [0, 0.05) is 19.1 Å². The second-order valence-corrected chi connectivity index (χ2v) is 7.24. The normalized spacial score (nSPS) is 21.8. The van der Waals surface area contributed by atoms with E-state index < -0.39 is 10.0 Å². The van der Waals surface area contributed by atoms with Crippen LogP contribution in [0.2, 0.25) is 0 Å². The van der Waals surface area contributed by atoms with Crippen LogP contribution in [0, 0.1) is 5.92 Å². The summed E-state index contributed by atoms with van der Waals surface area (Å²) in [5.74, 6) is 0.411. The predicted molar refractivity (Wildman–Crippen MR) is 81.3 cm³/mol. The van der Waals surface area contributed by atoms with Crippen molar-refractivity contribution in [3.05, 3.63) is 24.3 Å². The van der Waals surface area contributed by atoms with Gasteiger partial charge in [-0.05, 0) is 44.9 Å². The SMILES string of the molecule is CNS(=O)(=O)c1ccccc1N1CCCC(C(C)N)C1. The Morgan fingerprint density at radius 2 is 2.10 bits per heavy atom. The van der Waals surface area contributed by atoms with Gasteiger partial charge in [0.05, 0.1) is 5.69 Å². The lowest BCUT2D eigenvalue weighted by Gasteiger charge is -2.36. The lowest BCUT2D eigenvalue weighted by atomic mass is 9.92. The van der Waals surface area contributed by atoms with Crippen molar-refractivity contribution in [2.75, 3.05) is 25.0 Å². The molecule has 2 atom stereocenters. The summed E-state index contributed by atoms with van der Waals surface area (Å²) >= 11 is 0. The molecule has 1 aromatic rings. The second-order valence-electron chi connectivity index (χ2n) is 5.38. The molecule has 5 nitrogen and oxygen atoms in total. The zero-order valence-electron chi connectivity index (χ0n) is 12.0. The van der Waals surface area contributed by atoms with E-state index >= 15 is 0 Å². The van der Waals surface area contributed by atoms with Crippen molar-refractivity contribution in [2.45, 2.75) is 30.7 Å². The fourth-order valence-corrected chi connectivity index (χ4v) is 3.66. The maximum atomic E-state index is 12.1. The Balaban J connectivity index is 2.33. The molecule has 0 aromatic heterocycles. The minimum atomic E-state index is -3.44. The molecule has 1 saturated heterocycles. The zero-order chi connectivity index (χ0) is 14.8. The highest BCUT2D eigenvalue weighted by Crippen LogP contribution is 2.29. The number of piperidine rings is 1. The van der Waals surface area contributed by atoms with Crippen LogP contribution in [0.1, 0.15) is 19.8 Å². The van der Waals surface area contributed by atoms with E-state index in [1.54, 1.807) is 12.1 Å². The predicted octanol–water partition coefficient (Wildman–Crippen LogP) is 1.16. The highest BCUT2D eigenvalue weighted by atomic mass is 32.2. The molecule has 1 aliphatic rings. The topological polar surface area (TPSA) is 75.4 Å². The van der Waals surface area contributed by atoms with Gasteiger partial charge in [0.25, 0.3) is 0 Å². The van der Waals surface area contributed by atoms with Gasteiger partial charge in [0.2, 0.25) is 10.0 Å². The molecule has 3 N–H and O–H groups in total. The molecule has 0 radical (unpaired) electrons. The number of nitrogens with one attached hydrogen (secondary N) is 1. The van der Waals surface area contributed by atoms with Crippen molar-refractivity contribution >= 4 is 15.7 Å². The first-order valence-corrected chi connectivity index (χ1v) is 8.47. The maximum absolute atomic E-state index is 12.1. The largest absolute Gasteiger partial charge is 0.370 e. The summed E-state index contributed by atoms with van der Waals surface area (Å²) < 4.78 is 26.6. The molecule has 1 heterocycles. The molecular weight excluding hydrogens is 274 g/mol. The third kappa shape index (κ3) is 3.13. The quantitative estimate of drug-likeness (QED) is 0.874. The van der Waals surface area contributed by atoms with E-state index in [1.165, 1.54) is 7.05 Å². The molecule has 0 saturated carbocycles. The minimum Gasteiger partial charge on any atom is -0.370 e. The molecule has 1 aliphatic heterocycles. The highest BCUT2D eigenvalue weighted by Gasteiger charge is 2.26. The van der Waals surface area contributed by atoms with Gasteiger partial charge in [0.1, 0.15) is 4.90 Å². The lowest BCUT2D eigenvalue weighted by molar-refractivity contribution is 0.363. The first-order chi connectivity index (χ1) is 9.45. The van der Waals surface area contributed by atoms with Gasteiger partial charge in [-0.3, -0.25) is 0 Å². The Hall–Kier alpha value is -1.11. The average molecular weight is 297 g/mol. The van der Waals surface area contributed by atoms with E-state index in [4.69, 9.17) is 5.73 Å². The number of hydrogen-bond donors (Lipinski definition) is 2. The van der Waals surface area contributed by atoms with Gasteiger partial charge in [-0.1, -0.05) is 12.1 Å². The Morgan fingerprint density at radius 1 is 1.40 bits per heavy atom. The summed E-state index contributed by atoms with van der Waals surface area (Å²) in [5, 5.41) is 0. The molecule has 6 heteroatoms. The van der Waals surface area contributed by atoms with Crippen LogP contribution >= 0.6 is 0 Å². The van der Waals surface area contributed by atoms with Crippen LogP contribution in [0.4, 0.5) is 5.69 Å². The molecule has 1 fully saturated rings. The number of nitrogens with zero attached hydrogens (tertiary/aromatic N) is 1. The number of sulfonamides is 1. The summed E-state index contributed by atoms with van der Waals surface area (Å²) in [7, 11) is -2.00. The standard InChI is InChI=1S/C14H23N3O2S/c1-11(15)12-6-5-9-17(10-12)13-7-3-4-8-14(13)20(18,19)16-2/h3-4,7-8,11-12,16H,5-6,9-10,15H2,1-2H3. The van der Waals surface area contributed by atoms with Crippen molar-refractivity contribution < 1.29 is 8.42 Å². The smallest absolute Gasteiger partial charge is 0.242 e. The van der Waals surface area contributed by atoms with Crippen LogP contribution in [0.5, 0.6) is 0 Å². The summed E-state index contributed by atoms with van der Waals surface area (Å²) in [6, 6.07) is 7.27. The van der Waals surface area contributed by atoms with Crippen LogP contribution < -0.4 is 15.4 Å². The van der Waals surface area contributed by atoms with Crippen LogP contribution in [0.15, 0.2) is 29.2 Å². The molecule has 2 rings (SSSR count). The molecule has 0 bridgehead atoms. The first kappa shape index (κ1) is 15.3. The van der Waals surface area contributed by atoms with E-state index in [0.717, 1.165) is 31.6 Å². The Morgan fingerprint density at radius 3 is 2.75 bits per heavy atom. The number of anilines is 1. The van der Waals surface area contributed by atoms with Crippen LogP contribution in [0.25, 0.3) is 0 Å². The van der Waals surface area contributed by atoms with E-state index in [0.29, 0.717) is 10.8 Å². The molecule has 0 spiro atoms. The van der Waals surface area contributed by atoms with Gasteiger partial charge in [-0.2, -0.15) is 0 Å². The number of hydrogen-bond acceptors (Lipinski definition) is 4. The van der Waals surface area contributed by atoms with E-state index in [1.807, 2.05) is 19.1 Å². The first-order valence-electron chi connectivity index (χ1n) is 6.99.